The van der Waals surface area contributed by atoms with E-state index in [9.17, 15) is 10.1 Å². The van der Waals surface area contributed by atoms with Crippen LogP contribution in [0.4, 0.5) is 5.69 Å². The van der Waals surface area contributed by atoms with Gasteiger partial charge in [0.05, 0.1) is 18.0 Å². The minimum atomic E-state index is -0.401. The lowest BCUT2D eigenvalue weighted by atomic mass is 10.2. The number of aliphatic imine (C=N–C) groups is 1. The van der Waals surface area contributed by atoms with Gasteiger partial charge in [0.2, 0.25) is 0 Å². The van der Waals surface area contributed by atoms with Gasteiger partial charge in [0.25, 0.3) is 5.69 Å². The van der Waals surface area contributed by atoms with Gasteiger partial charge in [-0.3, -0.25) is 10.1 Å². The van der Waals surface area contributed by atoms with Gasteiger partial charge in [0.1, 0.15) is 5.01 Å². The summed E-state index contributed by atoms with van der Waals surface area (Å²) in [4.78, 5) is 20.3. The zero-order chi connectivity index (χ0) is 16.7. The molecule has 1 aromatic heterocycles. The summed E-state index contributed by atoms with van der Waals surface area (Å²) in [5.74, 6) is 0.659. The molecule has 8 heteroatoms. The number of hydrogen-bond donors (Lipinski definition) is 2. The van der Waals surface area contributed by atoms with Crippen LogP contribution < -0.4 is 10.6 Å². The first-order chi connectivity index (χ1) is 11.1. The van der Waals surface area contributed by atoms with E-state index < -0.39 is 4.92 Å². The molecule has 1 aromatic carbocycles. The molecule has 7 nitrogen and oxygen atoms in total. The maximum absolute atomic E-state index is 10.8. The van der Waals surface area contributed by atoms with E-state index in [1.807, 2.05) is 26.1 Å². The molecule has 2 rings (SSSR count). The quantitative estimate of drug-likeness (QED) is 0.367. The normalized spacial score (nSPS) is 11.3. The molecule has 1 heterocycles. The van der Waals surface area contributed by atoms with E-state index in [4.69, 9.17) is 0 Å². The van der Waals surface area contributed by atoms with Gasteiger partial charge in [0, 0.05) is 29.8 Å². The maximum Gasteiger partial charge on any atom is 0.269 e. The number of nitro groups is 1. The van der Waals surface area contributed by atoms with Crippen molar-refractivity contribution in [2.24, 2.45) is 4.99 Å². The van der Waals surface area contributed by atoms with E-state index in [2.05, 4.69) is 20.6 Å². The Morgan fingerprint density at radius 2 is 2.26 bits per heavy atom. The molecule has 0 bridgehead atoms. The van der Waals surface area contributed by atoms with Crippen molar-refractivity contribution in [3.05, 3.63) is 56.0 Å². The van der Waals surface area contributed by atoms with Crippen molar-refractivity contribution in [1.29, 1.82) is 0 Å². The smallest absolute Gasteiger partial charge is 0.269 e. The molecular weight excluding hydrogens is 314 g/mol. The van der Waals surface area contributed by atoms with Crippen molar-refractivity contribution in [3.8, 4) is 0 Å². The highest BCUT2D eigenvalue weighted by Crippen LogP contribution is 2.14. The van der Waals surface area contributed by atoms with E-state index >= 15 is 0 Å². The van der Waals surface area contributed by atoms with Crippen molar-refractivity contribution >= 4 is 23.0 Å². The van der Waals surface area contributed by atoms with Gasteiger partial charge in [-0.25, -0.2) is 9.98 Å². The molecule has 0 saturated heterocycles. The van der Waals surface area contributed by atoms with E-state index in [-0.39, 0.29) is 5.69 Å². The molecule has 0 amide bonds. The van der Waals surface area contributed by atoms with Crippen LogP contribution in [0.3, 0.4) is 0 Å². The topological polar surface area (TPSA) is 92.5 Å². The third kappa shape index (κ3) is 5.33. The van der Waals surface area contributed by atoms with Gasteiger partial charge in [0.15, 0.2) is 5.96 Å². The number of benzene rings is 1. The minimum absolute atomic E-state index is 0.0777. The summed E-state index contributed by atoms with van der Waals surface area (Å²) in [7, 11) is 0. The van der Waals surface area contributed by atoms with Gasteiger partial charge in [-0.15, -0.1) is 11.3 Å². The fraction of sp³-hybridized carbons (Fsp3) is 0.333. The number of nitro benzene ring substituents is 1. The Kier molecular flexibility index (Phi) is 6.04. The Morgan fingerprint density at radius 3 is 2.91 bits per heavy atom. The Morgan fingerprint density at radius 1 is 1.43 bits per heavy atom. The average Bonchev–Trinajstić information content (AvgIpc) is 2.96. The van der Waals surface area contributed by atoms with Crippen molar-refractivity contribution in [1.82, 2.24) is 15.6 Å². The zero-order valence-corrected chi connectivity index (χ0v) is 13.9. The number of hydrogen-bond acceptors (Lipinski definition) is 5. The lowest BCUT2D eigenvalue weighted by Crippen LogP contribution is -2.36. The van der Waals surface area contributed by atoms with Crippen LogP contribution in [0.1, 0.15) is 22.4 Å². The molecule has 0 unspecified atom stereocenters. The van der Waals surface area contributed by atoms with Crippen LogP contribution in [-0.2, 0) is 13.1 Å². The van der Waals surface area contributed by atoms with Crippen molar-refractivity contribution in [2.75, 3.05) is 6.54 Å². The predicted octanol–water partition coefficient (Wildman–Crippen LogP) is 2.62. The first-order valence-corrected chi connectivity index (χ1v) is 8.07. The van der Waals surface area contributed by atoms with E-state index in [0.717, 1.165) is 17.1 Å². The van der Waals surface area contributed by atoms with Gasteiger partial charge in [-0.05, 0) is 19.4 Å². The zero-order valence-electron chi connectivity index (χ0n) is 13.1. The SMILES string of the molecule is CCNC(=NCc1cccc([N+](=O)[O-])c1)NCc1ncc(C)s1. The third-order valence-electron chi connectivity index (χ3n) is 2.96. The molecule has 0 saturated carbocycles. The number of aromatic nitrogens is 1. The lowest BCUT2D eigenvalue weighted by molar-refractivity contribution is -0.384. The molecule has 0 aliphatic rings. The largest absolute Gasteiger partial charge is 0.357 e. The second kappa shape index (κ2) is 8.23. The highest BCUT2D eigenvalue weighted by atomic mass is 32.1. The van der Waals surface area contributed by atoms with Crippen LogP contribution in [-0.4, -0.2) is 22.4 Å². The predicted molar refractivity (Wildman–Crippen MR) is 91.6 cm³/mol. The lowest BCUT2D eigenvalue weighted by Gasteiger charge is -2.10. The summed E-state index contributed by atoms with van der Waals surface area (Å²) in [6.07, 6.45) is 1.84. The summed E-state index contributed by atoms with van der Waals surface area (Å²) in [6, 6.07) is 6.50. The van der Waals surface area contributed by atoms with E-state index in [0.29, 0.717) is 19.0 Å². The summed E-state index contributed by atoms with van der Waals surface area (Å²) < 4.78 is 0. The molecule has 23 heavy (non-hydrogen) atoms. The molecule has 0 atom stereocenters. The summed E-state index contributed by atoms with van der Waals surface area (Å²) in [6.45, 7) is 5.70. The molecule has 0 aliphatic heterocycles. The van der Waals surface area contributed by atoms with E-state index in [1.165, 1.54) is 17.0 Å². The molecule has 0 spiro atoms. The Balaban J connectivity index is 2.00. The minimum Gasteiger partial charge on any atom is -0.357 e. The fourth-order valence-corrected chi connectivity index (χ4v) is 2.65. The molecular formula is C15H19N5O2S. The van der Waals surface area contributed by atoms with Crippen LogP contribution in [0.2, 0.25) is 0 Å². The van der Waals surface area contributed by atoms with Crippen molar-refractivity contribution in [3.63, 3.8) is 0 Å². The molecule has 0 radical (unpaired) electrons. The molecule has 0 fully saturated rings. The van der Waals surface area contributed by atoms with Crippen molar-refractivity contribution in [2.45, 2.75) is 26.9 Å². The van der Waals surface area contributed by atoms with Crippen molar-refractivity contribution < 1.29 is 4.92 Å². The summed E-state index contributed by atoms with van der Waals surface area (Å²) >= 11 is 1.64. The number of nitrogens with zero attached hydrogens (tertiary/aromatic N) is 3. The number of nitrogens with one attached hydrogen (secondary N) is 2. The van der Waals surface area contributed by atoms with Gasteiger partial charge in [-0.2, -0.15) is 0 Å². The molecule has 0 aliphatic carbocycles. The first kappa shape index (κ1) is 16.9. The first-order valence-electron chi connectivity index (χ1n) is 7.25. The second-order valence-corrected chi connectivity index (χ2v) is 6.16. The van der Waals surface area contributed by atoms with Crippen LogP contribution in [0, 0.1) is 17.0 Å². The average molecular weight is 333 g/mol. The number of guanidine groups is 1. The van der Waals surface area contributed by atoms with Crippen LogP contribution in [0.15, 0.2) is 35.5 Å². The number of rotatable bonds is 6. The Bertz CT molecular complexity index is 699. The van der Waals surface area contributed by atoms with Crippen LogP contribution in [0.25, 0.3) is 0 Å². The molecule has 2 aromatic rings. The van der Waals surface area contributed by atoms with E-state index in [1.54, 1.807) is 17.4 Å². The maximum atomic E-state index is 10.8. The van der Waals surface area contributed by atoms with Gasteiger partial charge >= 0.3 is 0 Å². The number of aryl methyl sites for hydroxylation is 1. The summed E-state index contributed by atoms with van der Waals surface area (Å²) in [5.41, 5.74) is 0.871. The van der Waals surface area contributed by atoms with Crippen LogP contribution >= 0.6 is 11.3 Å². The highest BCUT2D eigenvalue weighted by molar-refractivity contribution is 7.11. The second-order valence-electron chi connectivity index (χ2n) is 4.84. The number of non-ortho nitro benzene ring substituents is 1. The molecule has 122 valence electrons. The summed E-state index contributed by atoms with van der Waals surface area (Å²) in [5, 5.41) is 18.1. The monoisotopic (exact) mass is 333 g/mol. The standard InChI is InChI=1S/C15H19N5O2S/c1-3-16-15(19-10-14-17-8-11(2)23-14)18-9-12-5-4-6-13(7-12)20(21)22/h4-8H,3,9-10H2,1-2H3,(H2,16,18,19). The number of thiazole rings is 1. The van der Waals surface area contributed by atoms with Gasteiger partial charge in [-0.1, -0.05) is 12.1 Å². The van der Waals surface area contributed by atoms with Crippen LogP contribution in [0.5, 0.6) is 0 Å². The molecule has 2 N–H and O–H groups in total. The fourth-order valence-electron chi connectivity index (χ4n) is 1.92. The Hall–Kier alpha value is -2.48. The Labute approximate surface area is 138 Å². The van der Waals surface area contributed by atoms with Gasteiger partial charge < -0.3 is 10.6 Å². The third-order valence-corrected chi connectivity index (χ3v) is 3.87. The highest BCUT2D eigenvalue weighted by Gasteiger charge is 2.06.